The maximum atomic E-state index is 6.01. The zero-order valence-electron chi connectivity index (χ0n) is 21.0. The van der Waals surface area contributed by atoms with E-state index in [1.54, 1.807) is 21.3 Å². The van der Waals surface area contributed by atoms with Gasteiger partial charge in [0.2, 0.25) is 0 Å². The Balaban J connectivity index is 0. The van der Waals surface area contributed by atoms with E-state index in [-0.39, 0.29) is 0 Å². The van der Waals surface area contributed by atoms with Gasteiger partial charge < -0.3 is 31.0 Å². The van der Waals surface area contributed by atoms with Gasteiger partial charge >= 0.3 is 17.9 Å². The number of rotatable bonds is 15. The maximum Gasteiger partial charge on any atom is 0.679 e. The first-order chi connectivity index (χ1) is 13.3. The third-order valence-electron chi connectivity index (χ3n) is 3.49. The van der Waals surface area contributed by atoms with Gasteiger partial charge in [0.1, 0.15) is 0 Å². The quantitative estimate of drug-likeness (QED) is 0.333. The summed E-state index contributed by atoms with van der Waals surface area (Å²) in [7, 11) is -0.470. The van der Waals surface area contributed by atoms with Gasteiger partial charge in [-0.3, -0.25) is 0 Å². The first-order valence-corrected chi connectivity index (χ1v) is 14.4. The molecule has 0 saturated carbocycles. The molecule has 0 aromatic rings. The molecule has 0 fully saturated rings. The molecule has 0 heterocycles. The van der Waals surface area contributed by atoms with Crippen LogP contribution in [0.3, 0.4) is 0 Å². The fourth-order valence-electron chi connectivity index (χ4n) is 1.57. The zero-order valence-corrected chi connectivity index (χ0v) is 23.0. The highest BCUT2D eigenvalue weighted by Gasteiger charge is 2.46. The molecule has 0 unspecified atom stereocenters. The van der Waals surface area contributed by atoms with Crippen LogP contribution in [0.15, 0.2) is 0 Å². The fourth-order valence-corrected chi connectivity index (χ4v) is 4.72. The summed E-state index contributed by atoms with van der Waals surface area (Å²) in [6, 6.07) is 0. The van der Waals surface area contributed by atoms with Crippen LogP contribution >= 0.6 is 0 Å². The van der Waals surface area contributed by atoms with Crippen molar-refractivity contribution in [2.45, 2.75) is 61.9 Å². The van der Waals surface area contributed by atoms with Gasteiger partial charge in [-0.1, -0.05) is 55.4 Å². The van der Waals surface area contributed by atoms with Gasteiger partial charge in [0.05, 0.1) is 0 Å². The molecule has 9 heteroatoms. The summed E-state index contributed by atoms with van der Waals surface area (Å²) < 4.78 is 38.9. The predicted molar refractivity (Wildman–Crippen MR) is 122 cm³/mol. The summed E-state index contributed by atoms with van der Waals surface area (Å²) in [5.74, 6) is 1.68. The summed E-state index contributed by atoms with van der Waals surface area (Å²) in [5, 5.41) is 0. The molecule has 0 rings (SSSR count). The Morgan fingerprint density at radius 3 is 0.793 bits per heavy atom. The van der Waals surface area contributed by atoms with E-state index in [1.807, 2.05) is 6.55 Å². The van der Waals surface area contributed by atoms with Gasteiger partial charge in [-0.25, -0.2) is 0 Å². The van der Waals surface area contributed by atoms with Crippen LogP contribution in [0.25, 0.3) is 0 Å². The van der Waals surface area contributed by atoms with E-state index in [0.717, 1.165) is 0 Å². The lowest BCUT2D eigenvalue weighted by atomic mass is 10.2. The molecule has 29 heavy (non-hydrogen) atoms. The second kappa shape index (κ2) is 16.8. The molecule has 0 bridgehead atoms. The summed E-state index contributed by atoms with van der Waals surface area (Å²) >= 11 is 0. The summed E-state index contributed by atoms with van der Waals surface area (Å²) in [6.45, 7) is 21.2. The maximum absolute atomic E-state index is 6.01. The van der Waals surface area contributed by atoms with Crippen molar-refractivity contribution in [1.29, 1.82) is 0 Å². The average Bonchev–Trinajstić information content (AvgIpc) is 2.66. The first-order valence-electron chi connectivity index (χ1n) is 10.6. The Morgan fingerprint density at radius 2 is 0.690 bits per heavy atom. The summed E-state index contributed by atoms with van der Waals surface area (Å²) in [5.41, 5.74) is 0. The molecule has 0 radical (unpaired) electrons. The Labute approximate surface area is 182 Å². The molecule has 0 aromatic carbocycles. The van der Waals surface area contributed by atoms with Gasteiger partial charge in [-0.2, -0.15) is 0 Å². The van der Waals surface area contributed by atoms with Crippen molar-refractivity contribution in [3.05, 3.63) is 0 Å². The summed E-state index contributed by atoms with van der Waals surface area (Å²) in [6.07, 6.45) is 0. The van der Waals surface area contributed by atoms with Crippen molar-refractivity contribution < 1.29 is 31.0 Å². The van der Waals surface area contributed by atoms with Crippen LogP contribution in [-0.2, 0) is 31.0 Å². The molecule has 0 aliphatic heterocycles. The van der Waals surface area contributed by atoms with Gasteiger partial charge in [0.15, 0.2) is 0 Å². The lowest BCUT2D eigenvalue weighted by molar-refractivity contribution is -0.0527. The third-order valence-corrected chi connectivity index (χ3v) is 7.79. The van der Waals surface area contributed by atoms with Crippen molar-refractivity contribution in [2.75, 3.05) is 47.8 Å². The van der Waals surface area contributed by atoms with Crippen LogP contribution in [0.2, 0.25) is 6.55 Å². The van der Waals surface area contributed by atoms with E-state index < -0.39 is 17.9 Å². The molecular weight excluding hydrogens is 408 g/mol. The van der Waals surface area contributed by atoms with Crippen LogP contribution < -0.4 is 0 Å². The smallest absolute Gasteiger partial charge is 0.377 e. The Kier molecular flexibility index (Phi) is 18.2. The van der Waals surface area contributed by atoms with E-state index >= 15 is 0 Å². The Bertz CT molecular complexity index is 314. The minimum Gasteiger partial charge on any atom is -0.377 e. The van der Waals surface area contributed by atoms with Crippen LogP contribution in [-0.4, -0.2) is 65.6 Å². The fraction of sp³-hybridized carbons (Fsp3) is 1.00. The molecule has 7 nitrogen and oxygen atoms in total. The van der Waals surface area contributed by atoms with Crippen LogP contribution in [0, 0.1) is 23.7 Å². The van der Waals surface area contributed by atoms with E-state index in [9.17, 15) is 0 Å². The van der Waals surface area contributed by atoms with Gasteiger partial charge in [0, 0.05) is 54.3 Å². The number of hydrogen-bond donors (Lipinski definition) is 0. The average molecular weight is 457 g/mol. The molecule has 0 atom stereocenters. The topological polar surface area (TPSA) is 64.6 Å². The standard InChI is InChI=1S/C16H36O4Si.C4H12O3Si/c1-13(2)9-17-21(18-10-14(3)4,19-11-15(5)6)20-12-16(7)8;1-5-8(4,6-2)7-3/h13-16H,9-12H2,1-8H3;1-4H3. The normalized spacial score (nSPS) is 12.8. The van der Waals surface area contributed by atoms with Crippen LogP contribution in [0.1, 0.15) is 55.4 Å². The monoisotopic (exact) mass is 456 g/mol. The third kappa shape index (κ3) is 17.5. The molecular formula is C20H48O7Si2. The lowest BCUT2D eigenvalue weighted by Crippen LogP contribution is -2.51. The number of hydrogen-bond acceptors (Lipinski definition) is 7. The van der Waals surface area contributed by atoms with Crippen molar-refractivity contribution in [3.8, 4) is 0 Å². The zero-order chi connectivity index (χ0) is 23.1. The second-order valence-electron chi connectivity index (χ2n) is 8.79. The highest BCUT2D eigenvalue weighted by atomic mass is 28.4. The van der Waals surface area contributed by atoms with Gasteiger partial charge in [0.25, 0.3) is 0 Å². The Hall–Kier alpha value is 0.154. The first kappa shape index (κ1) is 31.3. The Morgan fingerprint density at radius 1 is 0.483 bits per heavy atom. The van der Waals surface area contributed by atoms with Gasteiger partial charge in [-0.15, -0.1) is 0 Å². The lowest BCUT2D eigenvalue weighted by Gasteiger charge is -2.30. The van der Waals surface area contributed by atoms with Crippen molar-refractivity contribution in [1.82, 2.24) is 0 Å². The van der Waals surface area contributed by atoms with Gasteiger partial charge in [-0.05, 0) is 23.7 Å². The summed E-state index contributed by atoms with van der Waals surface area (Å²) in [4.78, 5) is 0. The molecule has 0 amide bonds. The minimum absolute atomic E-state index is 0.421. The molecule has 0 N–H and O–H groups in total. The van der Waals surface area contributed by atoms with Crippen LogP contribution in [0.4, 0.5) is 0 Å². The molecule has 178 valence electrons. The van der Waals surface area contributed by atoms with Crippen LogP contribution in [0.5, 0.6) is 0 Å². The molecule has 0 aromatic heterocycles. The van der Waals surface area contributed by atoms with Crippen molar-refractivity contribution in [3.63, 3.8) is 0 Å². The highest BCUT2D eigenvalue weighted by molar-refractivity contribution is 6.58. The minimum atomic E-state index is -3.05. The SMILES string of the molecule is CC(C)CO[Si](OCC(C)C)(OCC(C)C)OCC(C)C.CO[Si](C)(OC)OC. The van der Waals surface area contributed by atoms with E-state index in [4.69, 9.17) is 31.0 Å². The van der Waals surface area contributed by atoms with E-state index in [1.165, 1.54) is 0 Å². The van der Waals surface area contributed by atoms with Crippen molar-refractivity contribution >= 4 is 17.9 Å². The molecule has 0 aliphatic carbocycles. The highest BCUT2D eigenvalue weighted by Crippen LogP contribution is 2.18. The molecule has 0 aliphatic rings. The van der Waals surface area contributed by atoms with Crippen molar-refractivity contribution in [2.24, 2.45) is 23.7 Å². The predicted octanol–water partition coefficient (Wildman–Crippen LogP) is 4.61. The van der Waals surface area contributed by atoms with E-state index in [2.05, 4.69) is 55.4 Å². The second-order valence-corrected chi connectivity index (χ2v) is 13.9. The molecule has 0 saturated heterocycles. The largest absolute Gasteiger partial charge is 0.679 e. The molecule has 0 spiro atoms. The van der Waals surface area contributed by atoms with E-state index in [0.29, 0.717) is 50.1 Å².